The number of likely N-dealkylation sites (N-methyl/N-ethyl adjacent to an activating group) is 1. The summed E-state index contributed by atoms with van der Waals surface area (Å²) in [6.45, 7) is 0.476. The van der Waals surface area contributed by atoms with Crippen LogP contribution in [0.1, 0.15) is 12.0 Å². The van der Waals surface area contributed by atoms with Crippen LogP contribution in [0.2, 0.25) is 0 Å². The maximum absolute atomic E-state index is 12.0. The van der Waals surface area contributed by atoms with Crippen LogP contribution in [0.15, 0.2) is 47.5 Å². The smallest absolute Gasteiger partial charge is 0.274 e. The van der Waals surface area contributed by atoms with Crippen LogP contribution in [0.25, 0.3) is 22.3 Å². The Bertz CT molecular complexity index is 1170. The van der Waals surface area contributed by atoms with E-state index < -0.39 is 5.60 Å². The largest absolute Gasteiger partial charge is 0.369 e. The van der Waals surface area contributed by atoms with Crippen molar-refractivity contribution in [2.75, 3.05) is 13.6 Å². The monoisotopic (exact) mass is 360 g/mol. The van der Waals surface area contributed by atoms with Gasteiger partial charge in [-0.1, -0.05) is 24.0 Å². The SMILES string of the molecule is CN1CCC(O)(C#Cc2cccc(-c3ncc4cc[nH]c(=O)c4n3)c2)C1=O. The van der Waals surface area contributed by atoms with E-state index in [0.717, 1.165) is 0 Å². The molecule has 0 saturated carbocycles. The molecule has 2 N–H and O–H groups in total. The van der Waals surface area contributed by atoms with Gasteiger partial charge in [-0.05, 0) is 18.2 Å². The van der Waals surface area contributed by atoms with Crippen molar-refractivity contribution in [2.24, 2.45) is 0 Å². The van der Waals surface area contributed by atoms with Crippen molar-refractivity contribution in [1.82, 2.24) is 19.9 Å². The average Bonchev–Trinajstić information content (AvgIpc) is 2.95. The van der Waals surface area contributed by atoms with Crippen molar-refractivity contribution in [2.45, 2.75) is 12.0 Å². The van der Waals surface area contributed by atoms with E-state index in [1.807, 2.05) is 6.07 Å². The highest BCUT2D eigenvalue weighted by atomic mass is 16.3. The lowest BCUT2D eigenvalue weighted by Crippen LogP contribution is -2.37. The summed E-state index contributed by atoms with van der Waals surface area (Å²) in [5.41, 5.74) is -0.300. The number of benzene rings is 1. The molecule has 3 heterocycles. The molecule has 7 nitrogen and oxygen atoms in total. The molecule has 1 atom stereocenters. The fourth-order valence-corrected chi connectivity index (χ4v) is 2.99. The predicted molar refractivity (Wildman–Crippen MR) is 99.7 cm³/mol. The second-order valence-electron chi connectivity index (χ2n) is 6.47. The standard InChI is InChI=1S/C20H16N4O3/c1-24-10-8-20(27,19(24)26)7-5-13-3-2-4-14(11-13)17-22-12-15-6-9-21-18(25)16(15)23-17/h2-4,6,9,11-12,27H,8,10H2,1H3,(H,21,25). The van der Waals surface area contributed by atoms with Crippen molar-refractivity contribution in [3.8, 4) is 23.2 Å². The van der Waals surface area contributed by atoms with Gasteiger partial charge in [0.2, 0.25) is 5.60 Å². The maximum atomic E-state index is 12.0. The summed E-state index contributed by atoms with van der Waals surface area (Å²) < 4.78 is 0. The van der Waals surface area contributed by atoms with Gasteiger partial charge < -0.3 is 15.0 Å². The van der Waals surface area contributed by atoms with E-state index >= 15 is 0 Å². The number of aromatic nitrogens is 3. The summed E-state index contributed by atoms with van der Waals surface area (Å²) in [6.07, 6.45) is 3.43. The Balaban J connectivity index is 1.70. The van der Waals surface area contributed by atoms with Crippen molar-refractivity contribution in [3.05, 3.63) is 58.6 Å². The third kappa shape index (κ3) is 3.07. The van der Waals surface area contributed by atoms with E-state index in [9.17, 15) is 14.7 Å². The first kappa shape index (κ1) is 16.9. The molecule has 134 valence electrons. The first-order valence-corrected chi connectivity index (χ1v) is 8.42. The Morgan fingerprint density at radius 2 is 2.15 bits per heavy atom. The number of carbonyl (C=O) groups excluding carboxylic acids is 1. The fraction of sp³-hybridized carbons (Fsp3) is 0.200. The minimum Gasteiger partial charge on any atom is -0.369 e. The number of carbonyl (C=O) groups is 1. The quantitative estimate of drug-likeness (QED) is 0.629. The Hall–Kier alpha value is -3.50. The Labute approximate surface area is 154 Å². The number of likely N-dealkylation sites (tertiary alicyclic amines) is 1. The molecule has 3 aromatic rings. The van der Waals surface area contributed by atoms with Crippen molar-refractivity contribution in [3.63, 3.8) is 0 Å². The minimum atomic E-state index is -1.64. The van der Waals surface area contributed by atoms with Crippen LogP contribution in [0, 0.1) is 11.8 Å². The van der Waals surface area contributed by atoms with E-state index in [2.05, 4.69) is 26.8 Å². The molecule has 0 bridgehead atoms. The van der Waals surface area contributed by atoms with E-state index in [4.69, 9.17) is 0 Å². The predicted octanol–water partition coefficient (Wildman–Crippen LogP) is 0.930. The number of fused-ring (bicyclic) bond motifs is 1. The van der Waals surface area contributed by atoms with E-state index in [0.29, 0.717) is 34.4 Å². The molecule has 0 radical (unpaired) electrons. The number of aliphatic hydroxyl groups is 1. The van der Waals surface area contributed by atoms with Crippen LogP contribution in [-0.4, -0.2) is 50.1 Å². The normalized spacial score (nSPS) is 19.2. The number of amides is 1. The lowest BCUT2D eigenvalue weighted by atomic mass is 10.0. The third-order valence-corrected chi connectivity index (χ3v) is 4.55. The summed E-state index contributed by atoms with van der Waals surface area (Å²) in [6, 6.07) is 8.87. The molecule has 2 aromatic heterocycles. The topological polar surface area (TPSA) is 99.2 Å². The molecular formula is C20H16N4O3. The van der Waals surface area contributed by atoms with E-state index in [1.54, 1.807) is 43.7 Å². The second kappa shape index (κ2) is 6.34. The van der Waals surface area contributed by atoms with Gasteiger partial charge >= 0.3 is 0 Å². The van der Waals surface area contributed by atoms with Crippen molar-refractivity contribution >= 4 is 16.8 Å². The molecule has 1 fully saturated rings. The first-order valence-electron chi connectivity index (χ1n) is 8.42. The van der Waals surface area contributed by atoms with Gasteiger partial charge in [0.15, 0.2) is 5.82 Å². The third-order valence-electron chi connectivity index (χ3n) is 4.55. The second-order valence-corrected chi connectivity index (χ2v) is 6.47. The molecule has 0 aliphatic carbocycles. The van der Waals surface area contributed by atoms with Crippen LogP contribution in [0.5, 0.6) is 0 Å². The van der Waals surface area contributed by atoms with E-state index in [-0.39, 0.29) is 17.9 Å². The number of pyridine rings is 1. The summed E-state index contributed by atoms with van der Waals surface area (Å²) in [5, 5.41) is 11.1. The zero-order chi connectivity index (χ0) is 19.0. The molecule has 4 rings (SSSR count). The number of nitrogens with one attached hydrogen (secondary N) is 1. The highest BCUT2D eigenvalue weighted by molar-refractivity contribution is 5.90. The zero-order valence-electron chi connectivity index (χ0n) is 14.6. The molecule has 1 saturated heterocycles. The van der Waals surface area contributed by atoms with Gasteiger partial charge in [-0.3, -0.25) is 9.59 Å². The number of nitrogens with zero attached hydrogens (tertiary/aromatic N) is 3. The fourth-order valence-electron chi connectivity index (χ4n) is 2.99. The molecule has 1 aliphatic rings. The van der Waals surface area contributed by atoms with E-state index in [1.165, 1.54) is 4.90 Å². The van der Waals surface area contributed by atoms with Crippen LogP contribution in [-0.2, 0) is 4.79 Å². The van der Waals surface area contributed by atoms with Crippen molar-refractivity contribution in [1.29, 1.82) is 0 Å². The lowest BCUT2D eigenvalue weighted by molar-refractivity contribution is -0.137. The van der Waals surface area contributed by atoms with Crippen LogP contribution < -0.4 is 5.56 Å². The van der Waals surface area contributed by atoms with Crippen molar-refractivity contribution < 1.29 is 9.90 Å². The molecule has 1 aliphatic heterocycles. The van der Waals surface area contributed by atoms with Gasteiger partial charge in [0.25, 0.3) is 11.5 Å². The first-order chi connectivity index (χ1) is 13.0. The molecule has 0 spiro atoms. The molecular weight excluding hydrogens is 344 g/mol. The Morgan fingerprint density at radius 3 is 2.93 bits per heavy atom. The highest BCUT2D eigenvalue weighted by Gasteiger charge is 2.42. The number of hydrogen-bond acceptors (Lipinski definition) is 5. The zero-order valence-corrected chi connectivity index (χ0v) is 14.6. The van der Waals surface area contributed by atoms with Gasteiger partial charge in [0.05, 0.1) is 0 Å². The van der Waals surface area contributed by atoms with Crippen LogP contribution in [0.3, 0.4) is 0 Å². The summed E-state index contributed by atoms with van der Waals surface area (Å²) >= 11 is 0. The van der Waals surface area contributed by atoms with Gasteiger partial charge in [-0.25, -0.2) is 9.97 Å². The van der Waals surface area contributed by atoms with Crippen LogP contribution >= 0.6 is 0 Å². The van der Waals surface area contributed by atoms with Gasteiger partial charge in [-0.15, -0.1) is 0 Å². The van der Waals surface area contributed by atoms with Gasteiger partial charge in [0, 0.05) is 48.9 Å². The van der Waals surface area contributed by atoms with Gasteiger partial charge in [-0.2, -0.15) is 0 Å². The number of rotatable bonds is 1. The summed E-state index contributed by atoms with van der Waals surface area (Å²) in [7, 11) is 1.64. The number of aromatic amines is 1. The molecule has 1 aromatic carbocycles. The lowest BCUT2D eigenvalue weighted by Gasteiger charge is -2.13. The molecule has 27 heavy (non-hydrogen) atoms. The average molecular weight is 360 g/mol. The summed E-state index contributed by atoms with van der Waals surface area (Å²) in [4.78, 5) is 36.7. The molecule has 1 unspecified atom stereocenters. The minimum absolute atomic E-state index is 0.279. The molecule has 7 heteroatoms. The Morgan fingerprint density at radius 1 is 1.30 bits per heavy atom. The maximum Gasteiger partial charge on any atom is 0.274 e. The number of H-pyrrole nitrogens is 1. The van der Waals surface area contributed by atoms with Gasteiger partial charge in [0.1, 0.15) is 5.52 Å². The highest BCUT2D eigenvalue weighted by Crippen LogP contribution is 2.22. The molecule has 1 amide bonds. The summed E-state index contributed by atoms with van der Waals surface area (Å²) in [5.74, 6) is 5.57. The van der Waals surface area contributed by atoms with Crippen LogP contribution in [0.4, 0.5) is 0 Å². The number of hydrogen-bond donors (Lipinski definition) is 2. The Kier molecular flexibility index (Phi) is 3.98.